The van der Waals surface area contributed by atoms with Crippen molar-refractivity contribution in [3.05, 3.63) is 53.9 Å². The summed E-state index contributed by atoms with van der Waals surface area (Å²) >= 11 is 0. The predicted octanol–water partition coefficient (Wildman–Crippen LogP) is 3.32. The molecule has 0 fully saturated rings. The molecule has 0 bridgehead atoms. The molecule has 2 aromatic rings. The summed E-state index contributed by atoms with van der Waals surface area (Å²) in [7, 11) is 0. The van der Waals surface area contributed by atoms with Gasteiger partial charge in [-0.15, -0.1) is 0 Å². The van der Waals surface area contributed by atoms with Crippen molar-refractivity contribution < 1.29 is 4.79 Å². The van der Waals surface area contributed by atoms with Crippen molar-refractivity contribution in [1.82, 2.24) is 4.98 Å². The van der Waals surface area contributed by atoms with E-state index in [1.807, 2.05) is 36.7 Å². The van der Waals surface area contributed by atoms with E-state index in [9.17, 15) is 4.79 Å². The number of anilines is 1. The maximum atomic E-state index is 11.9. The van der Waals surface area contributed by atoms with Gasteiger partial charge < -0.3 is 10.3 Å². The van der Waals surface area contributed by atoms with Crippen molar-refractivity contribution in [2.45, 2.75) is 26.2 Å². The molecule has 2 N–H and O–H groups in total. The van der Waals surface area contributed by atoms with E-state index in [4.69, 9.17) is 0 Å². The van der Waals surface area contributed by atoms with Crippen LogP contribution in [0.15, 0.2) is 42.7 Å². The van der Waals surface area contributed by atoms with Gasteiger partial charge >= 0.3 is 0 Å². The third kappa shape index (κ3) is 3.00. The molecular weight excluding hydrogens is 224 g/mol. The van der Waals surface area contributed by atoms with Crippen LogP contribution in [0.1, 0.15) is 30.9 Å². The molecule has 3 heteroatoms. The van der Waals surface area contributed by atoms with Gasteiger partial charge in [-0.05, 0) is 29.2 Å². The zero-order chi connectivity index (χ0) is 13.0. The average molecular weight is 242 g/mol. The monoisotopic (exact) mass is 242 g/mol. The van der Waals surface area contributed by atoms with Gasteiger partial charge in [-0.25, -0.2) is 0 Å². The molecule has 0 saturated carbocycles. The second-order valence-electron chi connectivity index (χ2n) is 4.69. The normalized spacial score (nSPS) is 10.6. The third-order valence-corrected chi connectivity index (χ3v) is 2.88. The quantitative estimate of drug-likeness (QED) is 0.848. The summed E-state index contributed by atoms with van der Waals surface area (Å²) in [5, 5.41) is 2.98. The molecule has 1 amide bonds. The lowest BCUT2D eigenvalue weighted by atomic mass is 10.0. The average Bonchev–Trinajstić information content (AvgIpc) is 2.82. The molecule has 2 rings (SSSR count). The Balaban J connectivity index is 2.07. The standard InChI is InChI=1S/C15H18N2O/c1-11(2)13-5-3-4-6-14(13)17-15(18)9-12-7-8-16-10-12/h3-8,10-11,16H,9H2,1-2H3,(H,17,18). The lowest BCUT2D eigenvalue weighted by Crippen LogP contribution is -2.15. The molecule has 94 valence electrons. The van der Waals surface area contributed by atoms with Crippen molar-refractivity contribution >= 4 is 11.6 Å². The van der Waals surface area contributed by atoms with Crippen LogP contribution in [0.25, 0.3) is 0 Å². The summed E-state index contributed by atoms with van der Waals surface area (Å²) in [4.78, 5) is 14.9. The van der Waals surface area contributed by atoms with Gasteiger partial charge in [0.15, 0.2) is 0 Å². The molecule has 0 radical (unpaired) electrons. The largest absolute Gasteiger partial charge is 0.367 e. The lowest BCUT2D eigenvalue weighted by Gasteiger charge is -2.13. The van der Waals surface area contributed by atoms with E-state index in [2.05, 4.69) is 30.2 Å². The second kappa shape index (κ2) is 5.54. The third-order valence-electron chi connectivity index (χ3n) is 2.88. The van der Waals surface area contributed by atoms with Crippen LogP contribution in [0.5, 0.6) is 0 Å². The first-order valence-electron chi connectivity index (χ1n) is 6.17. The maximum Gasteiger partial charge on any atom is 0.228 e. The van der Waals surface area contributed by atoms with Crippen LogP contribution in [0.3, 0.4) is 0 Å². The highest BCUT2D eigenvalue weighted by Crippen LogP contribution is 2.23. The smallest absolute Gasteiger partial charge is 0.228 e. The lowest BCUT2D eigenvalue weighted by molar-refractivity contribution is -0.115. The summed E-state index contributed by atoms with van der Waals surface area (Å²) < 4.78 is 0. The number of hydrogen-bond donors (Lipinski definition) is 2. The number of carbonyl (C=O) groups excluding carboxylic acids is 1. The van der Waals surface area contributed by atoms with Crippen LogP contribution in [0.2, 0.25) is 0 Å². The van der Waals surface area contributed by atoms with Gasteiger partial charge in [0.2, 0.25) is 5.91 Å². The number of hydrogen-bond acceptors (Lipinski definition) is 1. The number of benzene rings is 1. The fraction of sp³-hybridized carbons (Fsp3) is 0.267. The molecule has 1 aromatic carbocycles. The van der Waals surface area contributed by atoms with E-state index in [1.54, 1.807) is 0 Å². The van der Waals surface area contributed by atoms with Crippen LogP contribution in [0, 0.1) is 0 Å². The number of rotatable bonds is 4. The molecule has 0 aliphatic rings. The number of H-pyrrole nitrogens is 1. The summed E-state index contributed by atoms with van der Waals surface area (Å²) in [5.74, 6) is 0.413. The molecule has 0 unspecified atom stereocenters. The summed E-state index contributed by atoms with van der Waals surface area (Å²) in [6.45, 7) is 4.24. The van der Waals surface area contributed by atoms with E-state index in [0.717, 1.165) is 11.3 Å². The van der Waals surface area contributed by atoms with Gasteiger partial charge in [-0.1, -0.05) is 32.0 Å². The van der Waals surface area contributed by atoms with E-state index in [0.29, 0.717) is 12.3 Å². The van der Waals surface area contributed by atoms with Gasteiger partial charge in [0.25, 0.3) is 0 Å². The maximum absolute atomic E-state index is 11.9. The van der Waals surface area contributed by atoms with Crippen molar-refractivity contribution in [3.63, 3.8) is 0 Å². The van der Waals surface area contributed by atoms with E-state index >= 15 is 0 Å². The minimum atomic E-state index is 0.0164. The zero-order valence-corrected chi connectivity index (χ0v) is 10.7. The number of aromatic nitrogens is 1. The van der Waals surface area contributed by atoms with Gasteiger partial charge in [0.1, 0.15) is 0 Å². The highest BCUT2D eigenvalue weighted by molar-refractivity contribution is 5.93. The Kier molecular flexibility index (Phi) is 3.82. The molecule has 0 spiro atoms. The minimum Gasteiger partial charge on any atom is -0.367 e. The molecule has 0 aliphatic heterocycles. The van der Waals surface area contributed by atoms with Crippen LogP contribution in [-0.4, -0.2) is 10.9 Å². The van der Waals surface area contributed by atoms with Gasteiger partial charge in [0.05, 0.1) is 6.42 Å². The number of nitrogens with one attached hydrogen (secondary N) is 2. The molecular formula is C15H18N2O. The van der Waals surface area contributed by atoms with Gasteiger partial charge in [0, 0.05) is 18.1 Å². The zero-order valence-electron chi connectivity index (χ0n) is 10.7. The summed E-state index contributed by atoms with van der Waals surface area (Å²) in [6, 6.07) is 9.85. The first-order chi connectivity index (χ1) is 8.66. The Morgan fingerprint density at radius 3 is 2.72 bits per heavy atom. The number of amides is 1. The number of aromatic amines is 1. The fourth-order valence-electron chi connectivity index (χ4n) is 1.96. The number of para-hydroxylation sites is 1. The molecule has 1 aromatic heterocycles. The number of carbonyl (C=O) groups is 1. The molecule has 3 nitrogen and oxygen atoms in total. The van der Waals surface area contributed by atoms with Gasteiger partial charge in [-0.2, -0.15) is 0 Å². The highest BCUT2D eigenvalue weighted by atomic mass is 16.1. The topological polar surface area (TPSA) is 44.9 Å². The Hall–Kier alpha value is -2.03. The molecule has 0 atom stereocenters. The van der Waals surface area contributed by atoms with Crippen molar-refractivity contribution in [2.75, 3.05) is 5.32 Å². The Bertz CT molecular complexity index is 515. The molecule has 0 saturated heterocycles. The fourth-order valence-corrected chi connectivity index (χ4v) is 1.96. The van der Waals surface area contributed by atoms with Gasteiger partial charge in [-0.3, -0.25) is 4.79 Å². The van der Waals surface area contributed by atoms with Crippen LogP contribution in [-0.2, 0) is 11.2 Å². The SMILES string of the molecule is CC(C)c1ccccc1NC(=O)Cc1cc[nH]c1. The van der Waals surface area contributed by atoms with Crippen LogP contribution < -0.4 is 5.32 Å². The van der Waals surface area contributed by atoms with Crippen molar-refractivity contribution in [1.29, 1.82) is 0 Å². The Morgan fingerprint density at radius 1 is 1.28 bits per heavy atom. The minimum absolute atomic E-state index is 0.0164. The second-order valence-corrected chi connectivity index (χ2v) is 4.69. The summed E-state index contributed by atoms with van der Waals surface area (Å²) in [6.07, 6.45) is 4.06. The molecule has 1 heterocycles. The summed E-state index contributed by atoms with van der Waals surface area (Å²) in [5.41, 5.74) is 3.07. The van der Waals surface area contributed by atoms with Crippen LogP contribution >= 0.6 is 0 Å². The van der Waals surface area contributed by atoms with Crippen molar-refractivity contribution in [3.8, 4) is 0 Å². The van der Waals surface area contributed by atoms with E-state index < -0.39 is 0 Å². The molecule has 18 heavy (non-hydrogen) atoms. The van der Waals surface area contributed by atoms with Crippen molar-refractivity contribution in [2.24, 2.45) is 0 Å². The molecule has 0 aliphatic carbocycles. The van der Waals surface area contributed by atoms with E-state index in [-0.39, 0.29) is 5.91 Å². The Morgan fingerprint density at radius 2 is 2.06 bits per heavy atom. The first-order valence-corrected chi connectivity index (χ1v) is 6.17. The van der Waals surface area contributed by atoms with E-state index in [1.165, 1.54) is 5.56 Å². The predicted molar refractivity (Wildman–Crippen MR) is 73.7 cm³/mol. The van der Waals surface area contributed by atoms with Crippen LogP contribution in [0.4, 0.5) is 5.69 Å². The highest BCUT2D eigenvalue weighted by Gasteiger charge is 2.09. The Labute approximate surface area is 107 Å². The first kappa shape index (κ1) is 12.4.